The van der Waals surface area contributed by atoms with Crippen LogP contribution >= 0.6 is 0 Å². The Hall–Kier alpha value is -3.17. The molecule has 0 saturated heterocycles. The Balaban J connectivity index is 1.95. The zero-order valence-corrected chi connectivity index (χ0v) is 13.2. The van der Waals surface area contributed by atoms with Crippen LogP contribution in [0.1, 0.15) is 27.2 Å². The second kappa shape index (κ2) is 6.28. The summed E-state index contributed by atoms with van der Waals surface area (Å²) < 4.78 is 55.5. The molecule has 0 aliphatic carbocycles. The van der Waals surface area contributed by atoms with Crippen molar-refractivity contribution in [2.24, 2.45) is 0 Å². The number of aromatic nitrogens is 3. The number of nitrogens with zero attached hydrogens (tertiary/aromatic N) is 3. The molecule has 0 atom stereocenters. The van der Waals surface area contributed by atoms with E-state index in [2.05, 4.69) is 14.8 Å². The van der Waals surface area contributed by atoms with E-state index in [0.717, 1.165) is 18.3 Å². The highest BCUT2D eigenvalue weighted by atomic mass is 19.4. The number of alkyl halides is 3. The second-order valence-corrected chi connectivity index (χ2v) is 5.46. The van der Waals surface area contributed by atoms with Crippen molar-refractivity contribution in [1.82, 2.24) is 14.6 Å². The van der Waals surface area contributed by atoms with Gasteiger partial charge in [-0.2, -0.15) is 5.10 Å². The van der Waals surface area contributed by atoms with Crippen LogP contribution in [0.3, 0.4) is 0 Å². The standard InChI is InChI=1S/C16H11F4N3O3/c1-8-10(6-21-14-11(15(24)25)7-22-23(8)14)4-9-2-3-12(17)13(5-9)26-16(18,19)20/h2-3,5-7H,4H2,1H3,(H,24,25). The fourth-order valence-corrected chi connectivity index (χ4v) is 2.49. The van der Waals surface area contributed by atoms with Gasteiger partial charge in [-0.05, 0) is 30.2 Å². The van der Waals surface area contributed by atoms with Crippen molar-refractivity contribution >= 4 is 11.6 Å². The quantitative estimate of drug-likeness (QED) is 0.714. The summed E-state index contributed by atoms with van der Waals surface area (Å²) in [4.78, 5) is 15.2. The molecule has 0 bridgehead atoms. The number of fused-ring (bicyclic) bond motifs is 1. The maximum absolute atomic E-state index is 13.5. The minimum atomic E-state index is -5.00. The number of hydrogen-bond donors (Lipinski definition) is 1. The largest absolute Gasteiger partial charge is 0.573 e. The fraction of sp³-hybridized carbons (Fsp3) is 0.188. The van der Waals surface area contributed by atoms with Crippen molar-refractivity contribution in [3.63, 3.8) is 0 Å². The summed E-state index contributed by atoms with van der Waals surface area (Å²) >= 11 is 0. The summed E-state index contributed by atoms with van der Waals surface area (Å²) in [5.74, 6) is -3.23. The predicted octanol–water partition coefficient (Wildman–Crippen LogP) is 3.36. The number of halogens is 4. The van der Waals surface area contributed by atoms with Crippen LogP contribution in [-0.2, 0) is 6.42 Å². The van der Waals surface area contributed by atoms with E-state index in [-0.39, 0.29) is 17.6 Å². The number of carboxylic acids is 1. The minimum Gasteiger partial charge on any atom is -0.477 e. The summed E-state index contributed by atoms with van der Waals surface area (Å²) in [6, 6.07) is 3.17. The molecule has 2 aromatic heterocycles. The number of carbonyl (C=O) groups is 1. The molecule has 0 aliphatic heterocycles. The van der Waals surface area contributed by atoms with Gasteiger partial charge >= 0.3 is 12.3 Å². The van der Waals surface area contributed by atoms with E-state index in [4.69, 9.17) is 5.11 Å². The first-order chi connectivity index (χ1) is 12.2. The number of carboxylic acid groups (broad SMARTS) is 1. The molecule has 0 radical (unpaired) electrons. The monoisotopic (exact) mass is 369 g/mol. The molecule has 10 heteroatoms. The Morgan fingerprint density at radius 3 is 2.69 bits per heavy atom. The highest BCUT2D eigenvalue weighted by Crippen LogP contribution is 2.27. The van der Waals surface area contributed by atoms with Crippen molar-refractivity contribution < 1.29 is 32.2 Å². The summed E-state index contributed by atoms with van der Waals surface area (Å²) in [7, 11) is 0. The second-order valence-electron chi connectivity index (χ2n) is 5.46. The zero-order valence-electron chi connectivity index (χ0n) is 13.2. The molecule has 136 valence electrons. The molecule has 0 spiro atoms. The van der Waals surface area contributed by atoms with E-state index in [0.29, 0.717) is 16.8 Å². The molecule has 1 N–H and O–H groups in total. The molecule has 0 saturated carbocycles. The lowest BCUT2D eigenvalue weighted by molar-refractivity contribution is -0.275. The third kappa shape index (κ3) is 3.44. The zero-order chi connectivity index (χ0) is 19.1. The topological polar surface area (TPSA) is 76.7 Å². The molecule has 3 rings (SSSR count). The first-order valence-corrected chi connectivity index (χ1v) is 7.25. The molecule has 0 unspecified atom stereocenters. The van der Waals surface area contributed by atoms with Gasteiger partial charge in [-0.1, -0.05) is 6.07 Å². The van der Waals surface area contributed by atoms with Gasteiger partial charge in [0.15, 0.2) is 17.2 Å². The highest BCUT2D eigenvalue weighted by molar-refractivity contribution is 5.94. The van der Waals surface area contributed by atoms with Crippen molar-refractivity contribution in [2.75, 3.05) is 0 Å². The molecule has 1 aromatic carbocycles. The Kier molecular flexibility index (Phi) is 4.26. The smallest absolute Gasteiger partial charge is 0.477 e. The van der Waals surface area contributed by atoms with Crippen LogP contribution in [0.25, 0.3) is 5.65 Å². The van der Waals surface area contributed by atoms with Crippen LogP contribution in [0.15, 0.2) is 30.6 Å². The molecule has 2 heterocycles. The molecule has 0 amide bonds. The lowest BCUT2D eigenvalue weighted by Gasteiger charge is -2.12. The average Bonchev–Trinajstić information content (AvgIpc) is 2.97. The number of hydrogen-bond acceptors (Lipinski definition) is 4. The van der Waals surface area contributed by atoms with E-state index in [1.54, 1.807) is 6.92 Å². The highest BCUT2D eigenvalue weighted by Gasteiger charge is 2.32. The maximum atomic E-state index is 13.5. The van der Waals surface area contributed by atoms with E-state index >= 15 is 0 Å². The Morgan fingerprint density at radius 1 is 1.31 bits per heavy atom. The van der Waals surface area contributed by atoms with Crippen molar-refractivity contribution in [2.45, 2.75) is 19.7 Å². The van der Waals surface area contributed by atoms with Gasteiger partial charge in [0.25, 0.3) is 0 Å². The fourth-order valence-electron chi connectivity index (χ4n) is 2.49. The van der Waals surface area contributed by atoms with E-state index in [1.807, 2.05) is 0 Å². The van der Waals surface area contributed by atoms with Gasteiger partial charge < -0.3 is 9.84 Å². The van der Waals surface area contributed by atoms with Gasteiger partial charge in [0.1, 0.15) is 5.56 Å². The van der Waals surface area contributed by atoms with Gasteiger partial charge in [-0.3, -0.25) is 0 Å². The van der Waals surface area contributed by atoms with E-state index < -0.39 is 23.9 Å². The van der Waals surface area contributed by atoms with E-state index in [1.165, 1.54) is 16.8 Å². The lowest BCUT2D eigenvalue weighted by Crippen LogP contribution is -2.18. The SMILES string of the molecule is Cc1c(Cc2ccc(F)c(OC(F)(F)F)c2)cnc2c(C(=O)O)cnn12. The minimum absolute atomic E-state index is 0.0673. The Labute approximate surface area is 143 Å². The van der Waals surface area contributed by atoms with Gasteiger partial charge in [0.05, 0.1) is 6.20 Å². The molecule has 6 nitrogen and oxygen atoms in total. The Morgan fingerprint density at radius 2 is 2.04 bits per heavy atom. The molecular formula is C16H11F4N3O3. The first kappa shape index (κ1) is 17.6. The predicted molar refractivity (Wildman–Crippen MR) is 80.6 cm³/mol. The summed E-state index contributed by atoms with van der Waals surface area (Å²) in [6.07, 6.45) is -2.30. The van der Waals surface area contributed by atoms with Crippen LogP contribution in [0, 0.1) is 12.7 Å². The van der Waals surface area contributed by atoms with Crippen LogP contribution in [-0.4, -0.2) is 32.0 Å². The van der Waals surface area contributed by atoms with Crippen LogP contribution in [0.2, 0.25) is 0 Å². The first-order valence-electron chi connectivity index (χ1n) is 7.25. The average molecular weight is 369 g/mol. The third-order valence-electron chi connectivity index (χ3n) is 3.72. The van der Waals surface area contributed by atoms with Crippen LogP contribution < -0.4 is 4.74 Å². The summed E-state index contributed by atoms with van der Waals surface area (Å²) in [5.41, 5.74) is 1.59. The molecular weight excluding hydrogens is 358 g/mol. The van der Waals surface area contributed by atoms with Gasteiger partial charge in [0, 0.05) is 18.3 Å². The summed E-state index contributed by atoms with van der Waals surface area (Å²) in [6.45, 7) is 1.67. The number of aryl methyl sites for hydroxylation is 1. The van der Waals surface area contributed by atoms with Crippen molar-refractivity contribution in [1.29, 1.82) is 0 Å². The summed E-state index contributed by atoms with van der Waals surface area (Å²) in [5, 5.41) is 13.0. The lowest BCUT2D eigenvalue weighted by atomic mass is 10.0. The van der Waals surface area contributed by atoms with Crippen LogP contribution in [0.5, 0.6) is 5.75 Å². The van der Waals surface area contributed by atoms with Crippen molar-refractivity contribution in [3.05, 3.63) is 58.8 Å². The number of rotatable bonds is 4. The Bertz CT molecular complexity index is 998. The number of benzene rings is 1. The number of aromatic carboxylic acids is 1. The van der Waals surface area contributed by atoms with Gasteiger partial charge in [-0.25, -0.2) is 18.7 Å². The molecule has 26 heavy (non-hydrogen) atoms. The normalized spacial score (nSPS) is 11.7. The molecule has 3 aromatic rings. The molecule has 0 fully saturated rings. The maximum Gasteiger partial charge on any atom is 0.573 e. The van der Waals surface area contributed by atoms with Crippen LogP contribution in [0.4, 0.5) is 17.6 Å². The van der Waals surface area contributed by atoms with Crippen molar-refractivity contribution in [3.8, 4) is 5.75 Å². The van der Waals surface area contributed by atoms with E-state index in [9.17, 15) is 22.4 Å². The number of ether oxygens (including phenoxy) is 1. The third-order valence-corrected chi connectivity index (χ3v) is 3.72. The van der Waals surface area contributed by atoms with Gasteiger partial charge in [-0.15, -0.1) is 13.2 Å². The molecule has 0 aliphatic rings. The van der Waals surface area contributed by atoms with Gasteiger partial charge in [0.2, 0.25) is 0 Å².